The van der Waals surface area contributed by atoms with Crippen molar-refractivity contribution in [3.63, 3.8) is 0 Å². The highest BCUT2D eigenvalue weighted by molar-refractivity contribution is 7.85. The summed E-state index contributed by atoms with van der Waals surface area (Å²) in [5.41, 5.74) is 0. The fourth-order valence-electron chi connectivity index (χ4n) is 1.12. The largest absolute Gasteiger partial charge is 0.350 e. The van der Waals surface area contributed by atoms with Crippen LogP contribution < -0.4 is 0 Å². The van der Waals surface area contributed by atoms with E-state index in [1.165, 1.54) is 0 Å². The molecule has 1 saturated heterocycles. The first-order chi connectivity index (χ1) is 5.79. The normalized spacial score (nSPS) is 24.5. The number of rotatable bonds is 2. The van der Waals surface area contributed by atoms with Crippen LogP contribution in [-0.2, 0) is 19.6 Å². The van der Waals surface area contributed by atoms with Gasteiger partial charge < -0.3 is 9.47 Å². The molecule has 0 aromatic carbocycles. The van der Waals surface area contributed by atoms with E-state index in [0.29, 0.717) is 13.2 Å². The van der Waals surface area contributed by atoms with E-state index in [4.69, 9.17) is 14.0 Å². The van der Waals surface area contributed by atoms with Crippen molar-refractivity contribution >= 4 is 10.1 Å². The zero-order valence-electron chi connectivity index (χ0n) is 7.69. The highest BCUT2D eigenvalue weighted by Gasteiger charge is 2.30. The molecule has 0 aromatic heterocycles. The van der Waals surface area contributed by atoms with Crippen LogP contribution in [0.5, 0.6) is 0 Å². The van der Waals surface area contributed by atoms with Crippen molar-refractivity contribution in [1.29, 1.82) is 0 Å². The predicted octanol–water partition coefficient (Wildman–Crippen LogP) is 0.273. The van der Waals surface area contributed by atoms with Crippen molar-refractivity contribution in [2.45, 2.75) is 19.6 Å². The summed E-state index contributed by atoms with van der Waals surface area (Å²) in [5, 5.41) is 0. The second-order valence-electron chi connectivity index (χ2n) is 3.64. The minimum absolute atomic E-state index is 0.275. The molecule has 0 atom stereocenters. The zero-order valence-corrected chi connectivity index (χ0v) is 8.50. The highest BCUT2D eigenvalue weighted by Crippen LogP contribution is 2.20. The zero-order chi connectivity index (χ0) is 10.1. The van der Waals surface area contributed by atoms with Crippen LogP contribution in [0.3, 0.4) is 0 Å². The van der Waals surface area contributed by atoms with Crippen LogP contribution in [0.1, 0.15) is 13.8 Å². The van der Waals surface area contributed by atoms with E-state index < -0.39 is 15.9 Å². The van der Waals surface area contributed by atoms with E-state index in [9.17, 15) is 8.42 Å². The minimum Gasteiger partial charge on any atom is -0.350 e. The maximum absolute atomic E-state index is 10.5. The lowest BCUT2D eigenvalue weighted by Crippen LogP contribution is -2.41. The third kappa shape index (κ3) is 4.04. The van der Waals surface area contributed by atoms with Crippen LogP contribution >= 0.6 is 0 Å². The molecule has 13 heavy (non-hydrogen) atoms. The molecule has 6 heteroatoms. The topological polar surface area (TPSA) is 72.8 Å². The molecular weight excluding hydrogens is 196 g/mol. The van der Waals surface area contributed by atoms with Gasteiger partial charge in [0, 0.05) is 5.92 Å². The van der Waals surface area contributed by atoms with Crippen molar-refractivity contribution in [2.24, 2.45) is 5.92 Å². The molecule has 0 spiro atoms. The molecule has 78 valence electrons. The second-order valence-corrected chi connectivity index (χ2v) is 5.13. The molecular formula is C7H14O5S. The fraction of sp³-hybridized carbons (Fsp3) is 1.00. The quantitative estimate of drug-likeness (QED) is 0.662. The third-order valence-corrected chi connectivity index (χ3v) is 2.67. The molecule has 1 heterocycles. The molecule has 0 aliphatic carbocycles. The average molecular weight is 210 g/mol. The molecule has 1 aliphatic rings. The van der Waals surface area contributed by atoms with Gasteiger partial charge in [0.15, 0.2) is 5.79 Å². The Balaban J connectivity index is 2.43. The molecule has 0 bridgehead atoms. The molecule has 0 radical (unpaired) electrons. The summed E-state index contributed by atoms with van der Waals surface area (Å²) in [6, 6.07) is 0. The Morgan fingerprint density at radius 2 is 1.85 bits per heavy atom. The predicted molar refractivity (Wildman–Crippen MR) is 45.9 cm³/mol. The first-order valence-electron chi connectivity index (χ1n) is 4.01. The summed E-state index contributed by atoms with van der Waals surface area (Å²) in [7, 11) is -3.92. The van der Waals surface area contributed by atoms with Gasteiger partial charge in [0.25, 0.3) is 10.1 Å². The Morgan fingerprint density at radius 1 is 1.38 bits per heavy atom. The molecule has 0 amide bonds. The maximum Gasteiger partial charge on any atom is 0.265 e. The summed E-state index contributed by atoms with van der Waals surface area (Å²) >= 11 is 0. The van der Waals surface area contributed by atoms with Crippen LogP contribution in [-0.4, -0.2) is 37.7 Å². The van der Waals surface area contributed by atoms with Crippen molar-refractivity contribution in [1.82, 2.24) is 0 Å². The highest BCUT2D eigenvalue weighted by atomic mass is 32.2. The van der Waals surface area contributed by atoms with Gasteiger partial charge in [0.2, 0.25) is 0 Å². The molecule has 1 fully saturated rings. The van der Waals surface area contributed by atoms with E-state index in [0.717, 1.165) is 0 Å². The number of hydrogen-bond donors (Lipinski definition) is 1. The lowest BCUT2D eigenvalue weighted by Gasteiger charge is -2.34. The van der Waals surface area contributed by atoms with Crippen molar-refractivity contribution in [2.75, 3.05) is 19.0 Å². The van der Waals surface area contributed by atoms with Crippen LogP contribution in [0.2, 0.25) is 0 Å². The number of ether oxygens (including phenoxy) is 2. The van der Waals surface area contributed by atoms with Crippen LogP contribution in [0, 0.1) is 5.92 Å². The van der Waals surface area contributed by atoms with Gasteiger partial charge in [-0.15, -0.1) is 0 Å². The van der Waals surface area contributed by atoms with Crippen LogP contribution in [0.25, 0.3) is 0 Å². The molecule has 0 saturated carbocycles. The maximum atomic E-state index is 10.5. The molecule has 1 rings (SSSR count). The molecule has 5 nitrogen and oxygen atoms in total. The molecule has 0 unspecified atom stereocenters. The minimum atomic E-state index is -3.92. The van der Waals surface area contributed by atoms with Crippen LogP contribution in [0.4, 0.5) is 0 Å². The molecule has 1 aliphatic heterocycles. The first kappa shape index (κ1) is 10.9. The third-order valence-electron chi connectivity index (χ3n) is 1.78. The standard InChI is InChI=1S/C7H14O5S/c1-7(2)11-3-6(4-12-7)5-13(8,9)10/h6H,3-5H2,1-2H3,(H,8,9,10). The lowest BCUT2D eigenvalue weighted by molar-refractivity contribution is -0.259. The first-order valence-corrected chi connectivity index (χ1v) is 5.62. The van der Waals surface area contributed by atoms with Gasteiger partial charge >= 0.3 is 0 Å². The van der Waals surface area contributed by atoms with E-state index in [1.54, 1.807) is 13.8 Å². The summed E-state index contributed by atoms with van der Waals surface area (Å²) < 4.78 is 40.0. The Morgan fingerprint density at radius 3 is 2.23 bits per heavy atom. The summed E-state index contributed by atoms with van der Waals surface area (Å²) in [4.78, 5) is 0. The van der Waals surface area contributed by atoms with Gasteiger partial charge in [-0.05, 0) is 13.8 Å². The summed E-state index contributed by atoms with van der Waals surface area (Å²) in [6.07, 6.45) is 0. The van der Waals surface area contributed by atoms with E-state index in [2.05, 4.69) is 0 Å². The van der Waals surface area contributed by atoms with Gasteiger partial charge in [-0.3, -0.25) is 4.55 Å². The Hall–Kier alpha value is -0.170. The van der Waals surface area contributed by atoms with Gasteiger partial charge in [-0.25, -0.2) is 0 Å². The van der Waals surface area contributed by atoms with E-state index in [1.807, 2.05) is 0 Å². The van der Waals surface area contributed by atoms with E-state index in [-0.39, 0.29) is 11.7 Å². The summed E-state index contributed by atoms with van der Waals surface area (Å²) in [5.74, 6) is -1.22. The van der Waals surface area contributed by atoms with Crippen molar-refractivity contribution in [3.8, 4) is 0 Å². The van der Waals surface area contributed by atoms with E-state index >= 15 is 0 Å². The Bertz CT molecular complexity index is 259. The van der Waals surface area contributed by atoms with Crippen molar-refractivity contribution in [3.05, 3.63) is 0 Å². The molecule has 0 aromatic rings. The smallest absolute Gasteiger partial charge is 0.265 e. The van der Waals surface area contributed by atoms with Crippen LogP contribution in [0.15, 0.2) is 0 Å². The average Bonchev–Trinajstić information content (AvgIpc) is 1.91. The van der Waals surface area contributed by atoms with Gasteiger partial charge in [0.05, 0.1) is 19.0 Å². The SMILES string of the molecule is CC1(C)OCC(CS(=O)(=O)O)CO1. The second kappa shape index (κ2) is 3.53. The Kier molecular flexibility index (Phi) is 2.96. The summed E-state index contributed by atoms with van der Waals surface area (Å²) in [6.45, 7) is 4.12. The van der Waals surface area contributed by atoms with Gasteiger partial charge in [-0.2, -0.15) is 8.42 Å². The lowest BCUT2D eigenvalue weighted by atomic mass is 10.2. The van der Waals surface area contributed by atoms with Crippen molar-refractivity contribution < 1.29 is 22.4 Å². The monoisotopic (exact) mass is 210 g/mol. The van der Waals surface area contributed by atoms with Gasteiger partial charge in [-0.1, -0.05) is 0 Å². The molecule has 1 N–H and O–H groups in total. The fourth-order valence-corrected chi connectivity index (χ4v) is 1.91. The van der Waals surface area contributed by atoms with Gasteiger partial charge in [0.1, 0.15) is 0 Å². The number of hydrogen-bond acceptors (Lipinski definition) is 4. The Labute approximate surface area is 77.8 Å².